The van der Waals surface area contributed by atoms with Crippen molar-refractivity contribution in [1.82, 2.24) is 24.7 Å². The molecule has 0 unspecified atom stereocenters. The summed E-state index contributed by atoms with van der Waals surface area (Å²) in [6.07, 6.45) is 4.49. The zero-order valence-electron chi connectivity index (χ0n) is 6.87. The second-order valence-corrected chi connectivity index (χ2v) is 2.57. The molecule has 0 saturated carbocycles. The summed E-state index contributed by atoms with van der Waals surface area (Å²) in [6, 6.07) is 0. The van der Waals surface area contributed by atoms with Crippen LogP contribution < -0.4 is 0 Å². The van der Waals surface area contributed by atoms with Gasteiger partial charge in [-0.25, -0.2) is 4.98 Å². The van der Waals surface area contributed by atoms with E-state index in [0.717, 1.165) is 11.5 Å². The standard InChI is InChI=1S/C7H8N5/c1-5-9-7(11-10-5)6-3-8-4-12(6)2/h4H,1-2H3,(H,9,10,11). The molecule has 0 aliphatic rings. The van der Waals surface area contributed by atoms with Gasteiger partial charge in [0.15, 0.2) is 5.82 Å². The zero-order chi connectivity index (χ0) is 8.55. The summed E-state index contributed by atoms with van der Waals surface area (Å²) in [7, 11) is 1.89. The van der Waals surface area contributed by atoms with Gasteiger partial charge in [0.1, 0.15) is 17.7 Å². The van der Waals surface area contributed by atoms with E-state index in [-0.39, 0.29) is 0 Å². The molecule has 0 saturated heterocycles. The fourth-order valence-corrected chi connectivity index (χ4v) is 0.986. The van der Waals surface area contributed by atoms with E-state index in [2.05, 4.69) is 26.4 Å². The Labute approximate surface area is 69.5 Å². The van der Waals surface area contributed by atoms with Crippen LogP contribution in [-0.2, 0) is 7.05 Å². The van der Waals surface area contributed by atoms with Gasteiger partial charge >= 0.3 is 0 Å². The number of aromatic amines is 1. The lowest BCUT2D eigenvalue weighted by Gasteiger charge is -1.93. The molecule has 0 aromatic carbocycles. The van der Waals surface area contributed by atoms with Gasteiger partial charge in [0.2, 0.25) is 0 Å². The van der Waals surface area contributed by atoms with Gasteiger partial charge in [-0.2, -0.15) is 0 Å². The van der Waals surface area contributed by atoms with Gasteiger partial charge in [-0.05, 0) is 6.92 Å². The van der Waals surface area contributed by atoms with E-state index < -0.39 is 0 Å². The van der Waals surface area contributed by atoms with Crippen molar-refractivity contribution in [1.29, 1.82) is 0 Å². The van der Waals surface area contributed by atoms with Crippen molar-refractivity contribution in [3.05, 3.63) is 18.3 Å². The van der Waals surface area contributed by atoms with Gasteiger partial charge in [-0.3, -0.25) is 0 Å². The molecule has 2 aromatic heterocycles. The molecule has 0 bridgehead atoms. The first kappa shape index (κ1) is 7.02. The summed E-state index contributed by atoms with van der Waals surface area (Å²) in [6.45, 7) is 1.85. The quantitative estimate of drug-likeness (QED) is 0.656. The molecule has 0 aliphatic heterocycles. The van der Waals surface area contributed by atoms with Crippen LogP contribution in [0, 0.1) is 13.1 Å². The first-order chi connectivity index (χ1) is 5.77. The molecule has 12 heavy (non-hydrogen) atoms. The number of imidazole rings is 1. The Balaban J connectivity index is 2.50. The van der Waals surface area contributed by atoms with E-state index in [1.165, 1.54) is 0 Å². The van der Waals surface area contributed by atoms with Crippen molar-refractivity contribution in [2.24, 2.45) is 7.05 Å². The van der Waals surface area contributed by atoms with Crippen LogP contribution >= 0.6 is 0 Å². The molecule has 0 spiro atoms. The number of hydrogen-bond donors (Lipinski definition) is 1. The topological polar surface area (TPSA) is 59.4 Å². The fourth-order valence-electron chi connectivity index (χ4n) is 0.986. The molecule has 61 valence electrons. The second-order valence-electron chi connectivity index (χ2n) is 2.57. The van der Waals surface area contributed by atoms with Gasteiger partial charge in [0, 0.05) is 7.05 Å². The van der Waals surface area contributed by atoms with Gasteiger partial charge in [-0.15, -0.1) is 10.2 Å². The fraction of sp³-hybridized carbons (Fsp3) is 0.286. The Hall–Kier alpha value is -1.65. The van der Waals surface area contributed by atoms with Crippen molar-refractivity contribution in [3.63, 3.8) is 0 Å². The van der Waals surface area contributed by atoms with Gasteiger partial charge in [0.25, 0.3) is 0 Å². The molecule has 2 rings (SSSR count). The molecule has 2 heterocycles. The molecule has 0 fully saturated rings. The number of H-pyrrole nitrogens is 1. The van der Waals surface area contributed by atoms with Crippen LogP contribution in [0.15, 0.2) is 6.33 Å². The van der Waals surface area contributed by atoms with Crippen LogP contribution in [0.25, 0.3) is 11.5 Å². The molecule has 1 N–H and O–H groups in total. The van der Waals surface area contributed by atoms with Crippen molar-refractivity contribution in [2.45, 2.75) is 6.92 Å². The third kappa shape index (κ3) is 0.990. The Morgan fingerprint density at radius 2 is 2.33 bits per heavy atom. The zero-order valence-corrected chi connectivity index (χ0v) is 6.87. The predicted octanol–water partition coefficient (Wildman–Crippen LogP) is 0.314. The smallest absolute Gasteiger partial charge is 0.180 e. The van der Waals surface area contributed by atoms with Crippen LogP contribution in [0.2, 0.25) is 0 Å². The first-order valence-electron chi connectivity index (χ1n) is 3.56. The number of rotatable bonds is 1. The highest BCUT2D eigenvalue weighted by molar-refractivity contribution is 5.46. The lowest BCUT2D eigenvalue weighted by Crippen LogP contribution is -1.90. The number of nitrogens with one attached hydrogen (secondary N) is 1. The van der Waals surface area contributed by atoms with Crippen molar-refractivity contribution in [2.75, 3.05) is 0 Å². The Bertz CT molecular complexity index is 386. The number of aromatic nitrogens is 5. The Morgan fingerprint density at radius 3 is 2.83 bits per heavy atom. The highest BCUT2D eigenvalue weighted by atomic mass is 15.2. The summed E-state index contributed by atoms with van der Waals surface area (Å²) < 4.78 is 1.83. The maximum atomic E-state index is 3.92. The van der Waals surface area contributed by atoms with E-state index >= 15 is 0 Å². The molecule has 5 nitrogen and oxygen atoms in total. The molecular weight excluding hydrogens is 154 g/mol. The number of hydrogen-bond acceptors (Lipinski definition) is 3. The SMILES string of the molecule is Cc1nnc(-c2[c]ncn2C)[nH]1. The summed E-state index contributed by atoms with van der Waals surface area (Å²) in [5.74, 6) is 1.49. The average molecular weight is 162 g/mol. The molecule has 1 radical (unpaired) electrons. The Morgan fingerprint density at radius 1 is 1.50 bits per heavy atom. The second kappa shape index (κ2) is 2.44. The normalized spacial score (nSPS) is 10.5. The third-order valence-corrected chi connectivity index (χ3v) is 1.58. The van der Waals surface area contributed by atoms with Crippen LogP contribution in [0.5, 0.6) is 0 Å². The minimum atomic E-state index is 0.701. The van der Waals surface area contributed by atoms with Gasteiger partial charge in [-0.1, -0.05) is 0 Å². The third-order valence-electron chi connectivity index (χ3n) is 1.58. The van der Waals surface area contributed by atoms with Crippen molar-refractivity contribution >= 4 is 0 Å². The maximum Gasteiger partial charge on any atom is 0.180 e. The summed E-state index contributed by atoms with van der Waals surface area (Å²) in [5.41, 5.74) is 0.815. The maximum absolute atomic E-state index is 3.92. The van der Waals surface area contributed by atoms with Crippen LogP contribution in [0.1, 0.15) is 5.82 Å². The monoisotopic (exact) mass is 162 g/mol. The van der Waals surface area contributed by atoms with Crippen LogP contribution in [0.4, 0.5) is 0 Å². The minimum Gasteiger partial charge on any atom is -0.331 e. The van der Waals surface area contributed by atoms with Gasteiger partial charge in [0.05, 0.1) is 6.33 Å². The predicted molar refractivity (Wildman–Crippen MR) is 42.2 cm³/mol. The molecule has 2 aromatic rings. The summed E-state index contributed by atoms with van der Waals surface area (Å²) in [5, 5.41) is 7.77. The lowest BCUT2D eigenvalue weighted by atomic mass is 10.4. The Kier molecular flexibility index (Phi) is 1.43. The van der Waals surface area contributed by atoms with Crippen LogP contribution in [0.3, 0.4) is 0 Å². The number of nitrogens with zero attached hydrogens (tertiary/aromatic N) is 4. The van der Waals surface area contributed by atoms with E-state index in [9.17, 15) is 0 Å². The van der Waals surface area contributed by atoms with Crippen LogP contribution in [-0.4, -0.2) is 24.7 Å². The molecule has 0 aliphatic carbocycles. The minimum absolute atomic E-state index is 0.701. The van der Waals surface area contributed by atoms with E-state index in [4.69, 9.17) is 0 Å². The summed E-state index contributed by atoms with van der Waals surface area (Å²) >= 11 is 0. The molecule has 0 amide bonds. The van der Waals surface area contributed by atoms with E-state index in [0.29, 0.717) is 5.82 Å². The molecule has 0 atom stereocenters. The number of aryl methyl sites for hydroxylation is 2. The summed E-state index contributed by atoms with van der Waals surface area (Å²) in [4.78, 5) is 6.86. The lowest BCUT2D eigenvalue weighted by molar-refractivity contribution is 0.909. The van der Waals surface area contributed by atoms with E-state index in [1.807, 2.05) is 18.5 Å². The van der Waals surface area contributed by atoms with Gasteiger partial charge < -0.3 is 9.55 Å². The first-order valence-corrected chi connectivity index (χ1v) is 3.56. The molecular formula is C7H8N5. The largest absolute Gasteiger partial charge is 0.331 e. The van der Waals surface area contributed by atoms with Crippen molar-refractivity contribution < 1.29 is 0 Å². The molecule has 5 heteroatoms. The highest BCUT2D eigenvalue weighted by Gasteiger charge is 2.06. The van der Waals surface area contributed by atoms with Crippen molar-refractivity contribution in [3.8, 4) is 11.5 Å². The highest BCUT2D eigenvalue weighted by Crippen LogP contribution is 2.10. The average Bonchev–Trinajstić information content (AvgIpc) is 2.58. The van der Waals surface area contributed by atoms with E-state index in [1.54, 1.807) is 6.33 Å².